The first-order chi connectivity index (χ1) is 11.0. The summed E-state index contributed by atoms with van der Waals surface area (Å²) in [6, 6.07) is 4.00. The number of fused-ring (bicyclic) bond motifs is 1. The topological polar surface area (TPSA) is 61.4 Å². The Morgan fingerprint density at radius 1 is 1.35 bits per heavy atom. The summed E-state index contributed by atoms with van der Waals surface area (Å²) in [5, 5.41) is 5.41. The summed E-state index contributed by atoms with van der Waals surface area (Å²) < 4.78 is 13.4. The Morgan fingerprint density at radius 2 is 2.09 bits per heavy atom. The molecule has 1 heterocycles. The standard InChI is InChI=1S/C16H22FN3O2S/c1-3-20(4-2)15(21)10-18-16(22)19-13-7-8-23-14-6-5-11(17)9-12(13)14/h5-6,9,13H,3-4,7-8,10H2,1-2H3,(H2,18,19,22)/t13-/m0/s1. The fraction of sp³-hybridized carbons (Fsp3) is 0.500. The number of nitrogens with zero attached hydrogens (tertiary/aromatic N) is 1. The van der Waals surface area contributed by atoms with E-state index in [0.29, 0.717) is 13.1 Å². The summed E-state index contributed by atoms with van der Waals surface area (Å²) in [4.78, 5) is 26.5. The van der Waals surface area contributed by atoms with Crippen molar-refractivity contribution in [3.8, 4) is 0 Å². The Bertz CT molecular complexity index is 578. The van der Waals surface area contributed by atoms with Crippen LogP contribution in [0.15, 0.2) is 23.1 Å². The van der Waals surface area contributed by atoms with E-state index in [0.717, 1.165) is 22.6 Å². The van der Waals surface area contributed by atoms with Crippen LogP contribution in [0.25, 0.3) is 0 Å². The number of hydrogen-bond donors (Lipinski definition) is 2. The number of amides is 3. The Hall–Kier alpha value is -1.76. The van der Waals surface area contributed by atoms with Crippen molar-refractivity contribution in [3.05, 3.63) is 29.6 Å². The molecule has 0 aromatic heterocycles. The Morgan fingerprint density at radius 3 is 2.78 bits per heavy atom. The number of likely N-dealkylation sites (N-methyl/N-ethyl adjacent to an activating group) is 1. The van der Waals surface area contributed by atoms with Gasteiger partial charge in [0.25, 0.3) is 0 Å². The van der Waals surface area contributed by atoms with Crippen LogP contribution in [0.4, 0.5) is 9.18 Å². The van der Waals surface area contributed by atoms with Crippen LogP contribution in [-0.2, 0) is 4.79 Å². The molecule has 0 bridgehead atoms. The molecule has 7 heteroatoms. The molecule has 5 nitrogen and oxygen atoms in total. The number of urea groups is 1. The minimum Gasteiger partial charge on any atom is -0.342 e. The normalized spacial score (nSPS) is 16.4. The van der Waals surface area contributed by atoms with Crippen LogP contribution in [0.3, 0.4) is 0 Å². The highest BCUT2D eigenvalue weighted by Crippen LogP contribution is 2.36. The number of halogens is 1. The number of hydrogen-bond acceptors (Lipinski definition) is 3. The average molecular weight is 339 g/mol. The fourth-order valence-corrected chi connectivity index (χ4v) is 3.67. The summed E-state index contributed by atoms with van der Waals surface area (Å²) in [6.07, 6.45) is 0.735. The maximum atomic E-state index is 13.4. The van der Waals surface area contributed by atoms with Crippen LogP contribution in [0.5, 0.6) is 0 Å². The molecule has 2 N–H and O–H groups in total. The van der Waals surface area contributed by atoms with Crippen molar-refractivity contribution >= 4 is 23.7 Å². The fourth-order valence-electron chi connectivity index (χ4n) is 2.57. The molecule has 1 aromatic carbocycles. The van der Waals surface area contributed by atoms with E-state index in [-0.39, 0.29) is 24.3 Å². The number of carbonyl (C=O) groups is 2. The van der Waals surface area contributed by atoms with Crippen LogP contribution in [0, 0.1) is 5.82 Å². The smallest absolute Gasteiger partial charge is 0.315 e. The molecule has 23 heavy (non-hydrogen) atoms. The minimum atomic E-state index is -0.405. The molecule has 0 saturated heterocycles. The molecule has 3 amide bonds. The molecule has 0 spiro atoms. The van der Waals surface area contributed by atoms with Gasteiger partial charge in [-0.15, -0.1) is 11.8 Å². The Labute approximate surface area is 140 Å². The van der Waals surface area contributed by atoms with Crippen molar-refractivity contribution in [2.24, 2.45) is 0 Å². The van der Waals surface area contributed by atoms with Gasteiger partial charge in [0.05, 0.1) is 12.6 Å². The Balaban J connectivity index is 1.92. The zero-order chi connectivity index (χ0) is 16.8. The van der Waals surface area contributed by atoms with Crippen LogP contribution < -0.4 is 10.6 Å². The minimum absolute atomic E-state index is 0.0367. The molecule has 0 fully saturated rings. The maximum absolute atomic E-state index is 13.4. The summed E-state index contributed by atoms with van der Waals surface area (Å²) in [7, 11) is 0. The highest BCUT2D eigenvalue weighted by atomic mass is 32.2. The van der Waals surface area contributed by atoms with E-state index >= 15 is 0 Å². The van der Waals surface area contributed by atoms with Crippen LogP contribution in [0.1, 0.15) is 31.9 Å². The largest absolute Gasteiger partial charge is 0.342 e. The van der Waals surface area contributed by atoms with Crippen molar-refractivity contribution in [2.45, 2.75) is 31.2 Å². The first kappa shape index (κ1) is 17.6. The molecule has 2 rings (SSSR count). The van der Waals surface area contributed by atoms with Gasteiger partial charge in [-0.1, -0.05) is 0 Å². The van der Waals surface area contributed by atoms with E-state index in [4.69, 9.17) is 0 Å². The monoisotopic (exact) mass is 339 g/mol. The predicted molar refractivity (Wildman–Crippen MR) is 88.9 cm³/mol. The van der Waals surface area contributed by atoms with Gasteiger partial charge in [-0.05, 0) is 44.0 Å². The molecule has 0 radical (unpaired) electrons. The maximum Gasteiger partial charge on any atom is 0.315 e. The molecular weight excluding hydrogens is 317 g/mol. The highest BCUT2D eigenvalue weighted by molar-refractivity contribution is 7.99. The lowest BCUT2D eigenvalue weighted by molar-refractivity contribution is -0.129. The third-order valence-corrected chi connectivity index (χ3v) is 4.96. The first-order valence-electron chi connectivity index (χ1n) is 7.79. The number of benzene rings is 1. The third kappa shape index (κ3) is 4.60. The SMILES string of the molecule is CCN(CC)C(=O)CNC(=O)N[C@H]1CCSc2ccc(F)cc21. The van der Waals surface area contributed by atoms with Crippen LogP contribution in [0.2, 0.25) is 0 Å². The lowest BCUT2D eigenvalue weighted by atomic mass is 10.0. The molecule has 0 saturated carbocycles. The molecular formula is C16H22FN3O2S. The second-order valence-electron chi connectivity index (χ2n) is 5.26. The highest BCUT2D eigenvalue weighted by Gasteiger charge is 2.23. The molecule has 1 aliphatic heterocycles. The van der Waals surface area contributed by atoms with Gasteiger partial charge in [0.2, 0.25) is 5.91 Å². The van der Waals surface area contributed by atoms with Gasteiger partial charge in [-0.25, -0.2) is 9.18 Å². The summed E-state index contributed by atoms with van der Waals surface area (Å²) >= 11 is 1.66. The average Bonchev–Trinajstić information content (AvgIpc) is 2.54. The van der Waals surface area contributed by atoms with Gasteiger partial charge in [-0.3, -0.25) is 4.79 Å². The van der Waals surface area contributed by atoms with Gasteiger partial charge >= 0.3 is 6.03 Å². The summed E-state index contributed by atoms with van der Waals surface area (Å²) in [5.74, 6) is 0.438. The van der Waals surface area contributed by atoms with E-state index in [1.165, 1.54) is 12.1 Å². The van der Waals surface area contributed by atoms with Gasteiger partial charge < -0.3 is 15.5 Å². The van der Waals surface area contributed by atoms with Crippen molar-refractivity contribution < 1.29 is 14.0 Å². The molecule has 1 atom stereocenters. The van der Waals surface area contributed by atoms with Gasteiger partial charge in [0.15, 0.2) is 0 Å². The van der Waals surface area contributed by atoms with Crippen molar-refractivity contribution in [2.75, 3.05) is 25.4 Å². The van der Waals surface area contributed by atoms with Crippen molar-refractivity contribution in [3.63, 3.8) is 0 Å². The van der Waals surface area contributed by atoms with Gasteiger partial charge in [0.1, 0.15) is 5.82 Å². The van der Waals surface area contributed by atoms with Crippen LogP contribution in [-0.4, -0.2) is 42.2 Å². The van der Waals surface area contributed by atoms with Gasteiger partial charge in [-0.2, -0.15) is 0 Å². The lowest BCUT2D eigenvalue weighted by Crippen LogP contribution is -2.45. The van der Waals surface area contributed by atoms with E-state index in [1.54, 1.807) is 22.7 Å². The number of thioether (sulfide) groups is 1. The molecule has 0 unspecified atom stereocenters. The predicted octanol–water partition coefficient (Wildman–Crippen LogP) is 2.53. The van der Waals surface area contributed by atoms with E-state index < -0.39 is 6.03 Å². The van der Waals surface area contributed by atoms with E-state index in [1.807, 2.05) is 13.8 Å². The number of carbonyl (C=O) groups excluding carboxylic acids is 2. The molecule has 1 aromatic rings. The lowest BCUT2D eigenvalue weighted by Gasteiger charge is -2.26. The summed E-state index contributed by atoms with van der Waals surface area (Å²) in [6.45, 7) is 4.99. The summed E-state index contributed by atoms with van der Waals surface area (Å²) in [5.41, 5.74) is 0.798. The zero-order valence-electron chi connectivity index (χ0n) is 13.4. The molecule has 0 aliphatic carbocycles. The quantitative estimate of drug-likeness (QED) is 0.867. The second-order valence-corrected chi connectivity index (χ2v) is 6.40. The van der Waals surface area contributed by atoms with Crippen molar-refractivity contribution in [1.29, 1.82) is 0 Å². The Kier molecular flexibility index (Phi) is 6.27. The third-order valence-electron chi connectivity index (χ3n) is 3.83. The molecule has 126 valence electrons. The van der Waals surface area contributed by atoms with E-state index in [2.05, 4.69) is 10.6 Å². The molecule has 1 aliphatic rings. The number of rotatable bonds is 5. The second kappa shape index (κ2) is 8.19. The van der Waals surface area contributed by atoms with Crippen LogP contribution >= 0.6 is 11.8 Å². The van der Waals surface area contributed by atoms with Gasteiger partial charge in [0, 0.05) is 23.7 Å². The van der Waals surface area contributed by atoms with Crippen molar-refractivity contribution in [1.82, 2.24) is 15.5 Å². The first-order valence-corrected chi connectivity index (χ1v) is 8.78. The zero-order valence-corrected chi connectivity index (χ0v) is 14.2. The number of nitrogens with one attached hydrogen (secondary N) is 2. The van der Waals surface area contributed by atoms with E-state index in [9.17, 15) is 14.0 Å².